The van der Waals surface area contributed by atoms with Crippen LogP contribution in [0.25, 0.3) is 0 Å². The van der Waals surface area contributed by atoms with Gasteiger partial charge in [-0.15, -0.1) is 0 Å². The number of aliphatic carboxylic acids is 1. The Morgan fingerprint density at radius 3 is 2.50 bits per heavy atom. The highest BCUT2D eigenvalue weighted by atomic mass is 16.4. The third kappa shape index (κ3) is 2.54. The molecule has 16 heavy (non-hydrogen) atoms. The number of carboxylic acids is 1. The van der Waals surface area contributed by atoms with Crippen LogP contribution in [0, 0.1) is 5.92 Å². The molecule has 0 aromatic carbocycles. The van der Waals surface area contributed by atoms with Crippen LogP contribution >= 0.6 is 0 Å². The minimum absolute atomic E-state index is 0.0281. The number of likely N-dealkylation sites (tertiary alicyclic amines) is 1. The van der Waals surface area contributed by atoms with Crippen molar-refractivity contribution in [3.05, 3.63) is 0 Å². The maximum Gasteiger partial charge on any atom is 0.329 e. The molecule has 1 amide bonds. The van der Waals surface area contributed by atoms with Crippen LogP contribution in [0.3, 0.4) is 0 Å². The molecular formula is C12H21NO3. The number of hydrogen-bond acceptors (Lipinski definition) is 2. The lowest BCUT2D eigenvalue weighted by atomic mass is 9.87. The van der Waals surface area contributed by atoms with Crippen molar-refractivity contribution >= 4 is 11.9 Å². The molecule has 4 heteroatoms. The Morgan fingerprint density at radius 1 is 1.38 bits per heavy atom. The van der Waals surface area contributed by atoms with E-state index in [2.05, 4.69) is 0 Å². The van der Waals surface area contributed by atoms with Crippen LogP contribution in [-0.2, 0) is 9.59 Å². The number of carboxylic acid groups (broad SMARTS) is 1. The number of carbonyl (C=O) groups excluding carboxylic acids is 1. The fourth-order valence-electron chi connectivity index (χ4n) is 2.20. The molecule has 0 aromatic rings. The van der Waals surface area contributed by atoms with E-state index in [9.17, 15) is 14.7 Å². The van der Waals surface area contributed by atoms with Crippen LogP contribution in [-0.4, -0.2) is 34.0 Å². The first-order valence-corrected chi connectivity index (χ1v) is 5.92. The minimum atomic E-state index is -0.996. The molecule has 1 fully saturated rings. The number of nitrogens with zero attached hydrogens (tertiary/aromatic N) is 1. The topological polar surface area (TPSA) is 57.6 Å². The maximum absolute atomic E-state index is 12.0. The van der Waals surface area contributed by atoms with Crippen molar-refractivity contribution in [3.63, 3.8) is 0 Å². The second-order valence-corrected chi connectivity index (χ2v) is 5.18. The number of hydrogen-bond donors (Lipinski definition) is 1. The Balaban J connectivity index is 2.82. The molecule has 0 saturated carbocycles. The fraction of sp³-hybridized carbons (Fsp3) is 0.833. The number of amides is 1. The van der Waals surface area contributed by atoms with Gasteiger partial charge in [-0.1, -0.05) is 13.8 Å². The van der Waals surface area contributed by atoms with E-state index in [0.717, 1.165) is 12.8 Å². The Bertz CT molecular complexity index is 288. The lowest BCUT2D eigenvalue weighted by Gasteiger charge is -2.42. The van der Waals surface area contributed by atoms with Gasteiger partial charge in [-0.25, -0.2) is 4.79 Å². The lowest BCUT2D eigenvalue weighted by molar-refractivity contribution is -0.161. The van der Waals surface area contributed by atoms with Gasteiger partial charge >= 0.3 is 5.97 Å². The summed E-state index contributed by atoms with van der Waals surface area (Å²) in [6.45, 7) is 6.18. The Labute approximate surface area is 96.6 Å². The maximum atomic E-state index is 12.0. The quantitative estimate of drug-likeness (QED) is 0.801. The van der Waals surface area contributed by atoms with E-state index in [4.69, 9.17) is 0 Å². The third-order valence-corrected chi connectivity index (χ3v) is 3.24. The van der Waals surface area contributed by atoms with E-state index in [-0.39, 0.29) is 11.8 Å². The third-order valence-electron chi connectivity index (χ3n) is 3.24. The summed E-state index contributed by atoms with van der Waals surface area (Å²) in [7, 11) is 0. The van der Waals surface area contributed by atoms with Gasteiger partial charge in [0.25, 0.3) is 0 Å². The van der Waals surface area contributed by atoms with E-state index in [1.54, 1.807) is 11.8 Å². The predicted octanol–water partition coefficient (Wildman–Crippen LogP) is 1.89. The summed E-state index contributed by atoms with van der Waals surface area (Å²) in [6, 6.07) is 0. The van der Waals surface area contributed by atoms with Crippen LogP contribution in [0.1, 0.15) is 46.5 Å². The van der Waals surface area contributed by atoms with Crippen LogP contribution in [0.2, 0.25) is 0 Å². The van der Waals surface area contributed by atoms with Crippen molar-refractivity contribution < 1.29 is 14.7 Å². The first-order chi connectivity index (χ1) is 7.38. The average Bonchev–Trinajstić information content (AvgIpc) is 2.16. The molecule has 1 aliphatic heterocycles. The molecule has 4 nitrogen and oxygen atoms in total. The fourth-order valence-corrected chi connectivity index (χ4v) is 2.20. The van der Waals surface area contributed by atoms with E-state index in [0.29, 0.717) is 19.4 Å². The molecule has 0 spiro atoms. The SMILES string of the molecule is CC(C)CC(=O)N1CCCCC1(C)C(=O)O. The molecule has 1 saturated heterocycles. The van der Waals surface area contributed by atoms with E-state index < -0.39 is 11.5 Å². The van der Waals surface area contributed by atoms with E-state index in [1.165, 1.54) is 0 Å². The molecule has 0 radical (unpaired) electrons. The average molecular weight is 227 g/mol. The smallest absolute Gasteiger partial charge is 0.329 e. The van der Waals surface area contributed by atoms with E-state index in [1.807, 2.05) is 13.8 Å². The van der Waals surface area contributed by atoms with Gasteiger partial charge in [-0.2, -0.15) is 0 Å². The summed E-state index contributed by atoms with van der Waals surface area (Å²) in [6.07, 6.45) is 2.79. The van der Waals surface area contributed by atoms with Gasteiger partial charge < -0.3 is 10.0 Å². The van der Waals surface area contributed by atoms with Crippen LogP contribution in [0.5, 0.6) is 0 Å². The monoisotopic (exact) mass is 227 g/mol. The van der Waals surface area contributed by atoms with Crippen molar-refractivity contribution in [1.82, 2.24) is 4.90 Å². The van der Waals surface area contributed by atoms with Gasteiger partial charge in [-0.05, 0) is 32.1 Å². The number of piperidine rings is 1. The van der Waals surface area contributed by atoms with Crippen molar-refractivity contribution in [3.8, 4) is 0 Å². The van der Waals surface area contributed by atoms with Crippen molar-refractivity contribution in [2.24, 2.45) is 5.92 Å². The van der Waals surface area contributed by atoms with Gasteiger partial charge in [0.05, 0.1) is 0 Å². The summed E-state index contributed by atoms with van der Waals surface area (Å²) >= 11 is 0. The summed E-state index contributed by atoms with van der Waals surface area (Å²) in [5.74, 6) is -0.642. The molecule has 92 valence electrons. The zero-order chi connectivity index (χ0) is 12.3. The van der Waals surface area contributed by atoms with Crippen LogP contribution < -0.4 is 0 Å². The molecule has 1 N–H and O–H groups in total. The molecule has 1 heterocycles. The summed E-state index contributed by atoms with van der Waals surface area (Å²) in [4.78, 5) is 24.8. The van der Waals surface area contributed by atoms with Gasteiger partial charge in [0.15, 0.2) is 0 Å². The Hall–Kier alpha value is -1.06. The van der Waals surface area contributed by atoms with Crippen molar-refractivity contribution in [2.75, 3.05) is 6.54 Å². The highest BCUT2D eigenvalue weighted by molar-refractivity contribution is 5.87. The predicted molar refractivity (Wildman–Crippen MR) is 61.1 cm³/mol. The van der Waals surface area contributed by atoms with Crippen LogP contribution in [0.15, 0.2) is 0 Å². The number of rotatable bonds is 3. The Kier molecular flexibility index (Phi) is 3.94. The second-order valence-electron chi connectivity index (χ2n) is 5.18. The second kappa shape index (κ2) is 4.85. The molecule has 1 unspecified atom stereocenters. The normalized spacial score (nSPS) is 25.9. The molecule has 1 rings (SSSR count). The highest BCUT2D eigenvalue weighted by Crippen LogP contribution is 2.29. The first-order valence-electron chi connectivity index (χ1n) is 5.92. The summed E-state index contributed by atoms with van der Waals surface area (Å²) in [5, 5.41) is 9.26. The lowest BCUT2D eigenvalue weighted by Crippen LogP contribution is -2.57. The molecule has 0 aromatic heterocycles. The first kappa shape index (κ1) is 13.0. The highest BCUT2D eigenvalue weighted by Gasteiger charge is 2.43. The molecule has 1 aliphatic rings. The van der Waals surface area contributed by atoms with Gasteiger partial charge in [0.2, 0.25) is 5.91 Å². The minimum Gasteiger partial charge on any atom is -0.480 e. The van der Waals surface area contributed by atoms with Crippen LogP contribution in [0.4, 0.5) is 0 Å². The van der Waals surface area contributed by atoms with Gasteiger partial charge in [0, 0.05) is 13.0 Å². The van der Waals surface area contributed by atoms with E-state index >= 15 is 0 Å². The zero-order valence-corrected chi connectivity index (χ0v) is 10.3. The Morgan fingerprint density at radius 2 is 2.00 bits per heavy atom. The summed E-state index contributed by atoms with van der Waals surface area (Å²) in [5.41, 5.74) is -0.996. The van der Waals surface area contributed by atoms with Gasteiger partial charge in [0.1, 0.15) is 5.54 Å². The summed E-state index contributed by atoms with van der Waals surface area (Å²) < 4.78 is 0. The van der Waals surface area contributed by atoms with Crippen molar-refractivity contribution in [1.29, 1.82) is 0 Å². The standard InChI is InChI=1S/C12H21NO3/c1-9(2)8-10(14)13-7-5-4-6-12(13,3)11(15)16/h9H,4-8H2,1-3H3,(H,15,16). The molecule has 0 aliphatic carbocycles. The molecule has 1 atom stereocenters. The largest absolute Gasteiger partial charge is 0.480 e. The van der Waals surface area contributed by atoms with Crippen molar-refractivity contribution in [2.45, 2.75) is 52.0 Å². The molecule has 0 bridgehead atoms. The molecular weight excluding hydrogens is 206 g/mol. The zero-order valence-electron chi connectivity index (χ0n) is 10.3. The number of carbonyl (C=O) groups is 2. The van der Waals surface area contributed by atoms with Gasteiger partial charge in [-0.3, -0.25) is 4.79 Å².